The second-order valence-corrected chi connectivity index (χ2v) is 5.95. The largest absolute Gasteiger partial charge is 0.325 e. The van der Waals surface area contributed by atoms with Crippen LogP contribution in [0.1, 0.15) is 31.7 Å². The summed E-state index contributed by atoms with van der Waals surface area (Å²) in [5.74, 6) is 0.0760. The minimum Gasteiger partial charge on any atom is -0.325 e. The summed E-state index contributed by atoms with van der Waals surface area (Å²) < 4.78 is 0. The third-order valence-corrected chi connectivity index (χ3v) is 3.85. The van der Waals surface area contributed by atoms with Gasteiger partial charge in [-0.15, -0.1) is 0 Å². The number of rotatable bonds is 7. The Kier molecular flexibility index (Phi) is 6.21. The molecule has 0 bridgehead atoms. The van der Waals surface area contributed by atoms with Crippen LogP contribution in [0.25, 0.3) is 0 Å². The first-order chi connectivity index (χ1) is 10.2. The summed E-state index contributed by atoms with van der Waals surface area (Å²) in [5.41, 5.74) is 2.05. The molecule has 0 spiro atoms. The van der Waals surface area contributed by atoms with Crippen molar-refractivity contribution in [2.75, 3.05) is 31.5 Å². The molecule has 21 heavy (non-hydrogen) atoms. The van der Waals surface area contributed by atoms with Gasteiger partial charge in [0.2, 0.25) is 5.91 Å². The predicted octanol–water partition coefficient (Wildman–Crippen LogP) is 2.40. The van der Waals surface area contributed by atoms with Crippen LogP contribution < -0.4 is 10.6 Å². The van der Waals surface area contributed by atoms with Crippen LogP contribution in [0.15, 0.2) is 24.3 Å². The molecule has 1 atom stereocenters. The zero-order valence-corrected chi connectivity index (χ0v) is 13.2. The Balaban J connectivity index is 1.85. The second kappa shape index (κ2) is 8.15. The van der Waals surface area contributed by atoms with E-state index in [1.165, 1.54) is 12.8 Å². The Morgan fingerprint density at radius 2 is 2.33 bits per heavy atom. The highest BCUT2D eigenvalue weighted by Crippen LogP contribution is 2.10. The molecule has 116 valence electrons. The Hall–Kier alpha value is -1.39. The first kappa shape index (κ1) is 16.0. The summed E-state index contributed by atoms with van der Waals surface area (Å²) >= 11 is 0. The van der Waals surface area contributed by atoms with Gasteiger partial charge in [-0.3, -0.25) is 9.69 Å². The first-order valence-corrected chi connectivity index (χ1v) is 7.99. The zero-order chi connectivity index (χ0) is 15.1. The molecule has 1 saturated heterocycles. The maximum absolute atomic E-state index is 12.2. The van der Waals surface area contributed by atoms with Gasteiger partial charge in [0, 0.05) is 18.3 Å². The Labute approximate surface area is 127 Å². The Bertz CT molecular complexity index is 455. The Morgan fingerprint density at radius 1 is 1.48 bits per heavy atom. The molecule has 4 nitrogen and oxygen atoms in total. The molecular weight excluding hydrogens is 262 g/mol. The van der Waals surface area contributed by atoms with E-state index in [0.717, 1.165) is 37.3 Å². The van der Waals surface area contributed by atoms with E-state index in [1.54, 1.807) is 0 Å². The van der Waals surface area contributed by atoms with E-state index >= 15 is 0 Å². The normalized spacial score (nSPS) is 18.1. The molecule has 2 rings (SSSR count). The van der Waals surface area contributed by atoms with Gasteiger partial charge in [-0.1, -0.05) is 19.1 Å². The topological polar surface area (TPSA) is 44.4 Å². The average molecular weight is 289 g/mol. The number of amides is 1. The van der Waals surface area contributed by atoms with E-state index in [0.29, 0.717) is 12.6 Å². The van der Waals surface area contributed by atoms with E-state index in [-0.39, 0.29) is 5.91 Å². The fraction of sp³-hybridized carbons (Fsp3) is 0.588. The number of nitrogens with zero attached hydrogens (tertiary/aromatic N) is 1. The lowest BCUT2D eigenvalue weighted by Crippen LogP contribution is -2.41. The van der Waals surface area contributed by atoms with Crippen molar-refractivity contribution in [2.45, 2.75) is 39.2 Å². The number of hydrogen-bond acceptors (Lipinski definition) is 3. The van der Waals surface area contributed by atoms with E-state index in [4.69, 9.17) is 0 Å². The molecule has 4 heteroatoms. The van der Waals surface area contributed by atoms with Crippen molar-refractivity contribution in [3.8, 4) is 0 Å². The second-order valence-electron chi connectivity index (χ2n) is 5.95. The molecule has 0 aromatic heterocycles. The van der Waals surface area contributed by atoms with Crippen molar-refractivity contribution in [3.63, 3.8) is 0 Å². The lowest BCUT2D eigenvalue weighted by atomic mass is 10.2. The lowest BCUT2D eigenvalue weighted by Gasteiger charge is -2.24. The molecule has 1 unspecified atom stereocenters. The van der Waals surface area contributed by atoms with E-state index in [9.17, 15) is 4.79 Å². The van der Waals surface area contributed by atoms with Crippen molar-refractivity contribution in [2.24, 2.45) is 0 Å². The van der Waals surface area contributed by atoms with E-state index in [2.05, 4.69) is 22.5 Å². The number of hydrogen-bond donors (Lipinski definition) is 2. The van der Waals surface area contributed by atoms with Crippen molar-refractivity contribution in [1.29, 1.82) is 0 Å². The quantitative estimate of drug-likeness (QED) is 0.810. The van der Waals surface area contributed by atoms with Gasteiger partial charge in [0.1, 0.15) is 0 Å². The number of carbonyl (C=O) groups is 1. The van der Waals surface area contributed by atoms with Gasteiger partial charge in [0.05, 0.1) is 6.54 Å². The van der Waals surface area contributed by atoms with Crippen molar-refractivity contribution in [3.05, 3.63) is 29.8 Å². The molecule has 0 radical (unpaired) electrons. The summed E-state index contributed by atoms with van der Waals surface area (Å²) in [6.45, 7) is 7.72. The standard InChI is InChI=1S/C17H27N3O/c1-3-10-20(12-16-8-5-9-18-16)13-17(21)19-15-7-4-6-14(2)11-15/h4,6-7,11,16,18H,3,5,8-10,12-13H2,1-2H3,(H,19,21). The van der Waals surface area contributed by atoms with Crippen LogP contribution >= 0.6 is 0 Å². The van der Waals surface area contributed by atoms with Gasteiger partial charge in [0.25, 0.3) is 0 Å². The highest BCUT2D eigenvalue weighted by Gasteiger charge is 2.19. The molecular formula is C17H27N3O. The molecule has 1 aliphatic heterocycles. The molecule has 1 fully saturated rings. The predicted molar refractivity (Wildman–Crippen MR) is 87.6 cm³/mol. The number of nitrogens with one attached hydrogen (secondary N) is 2. The third-order valence-electron chi connectivity index (χ3n) is 3.85. The fourth-order valence-electron chi connectivity index (χ4n) is 2.90. The first-order valence-electron chi connectivity index (χ1n) is 7.99. The molecule has 1 aromatic carbocycles. The molecule has 1 aromatic rings. The summed E-state index contributed by atoms with van der Waals surface area (Å²) in [6, 6.07) is 8.49. The maximum atomic E-state index is 12.2. The maximum Gasteiger partial charge on any atom is 0.238 e. The minimum atomic E-state index is 0.0760. The van der Waals surface area contributed by atoms with Crippen molar-refractivity contribution < 1.29 is 4.79 Å². The van der Waals surface area contributed by atoms with Crippen LogP contribution in [-0.4, -0.2) is 43.0 Å². The average Bonchev–Trinajstić information content (AvgIpc) is 2.91. The summed E-state index contributed by atoms with van der Waals surface area (Å²) in [4.78, 5) is 14.5. The van der Waals surface area contributed by atoms with Crippen LogP contribution in [0, 0.1) is 6.92 Å². The molecule has 1 amide bonds. The van der Waals surface area contributed by atoms with Crippen LogP contribution in [0.4, 0.5) is 5.69 Å². The SMILES string of the molecule is CCCN(CC(=O)Nc1cccc(C)c1)CC1CCCN1. The number of benzene rings is 1. The van der Waals surface area contributed by atoms with Crippen molar-refractivity contribution in [1.82, 2.24) is 10.2 Å². The van der Waals surface area contributed by atoms with Gasteiger partial charge in [0.15, 0.2) is 0 Å². The van der Waals surface area contributed by atoms with Crippen molar-refractivity contribution >= 4 is 11.6 Å². The summed E-state index contributed by atoms with van der Waals surface area (Å²) in [7, 11) is 0. The molecule has 1 heterocycles. The number of anilines is 1. The van der Waals surface area contributed by atoms with E-state index < -0.39 is 0 Å². The fourth-order valence-corrected chi connectivity index (χ4v) is 2.90. The van der Waals surface area contributed by atoms with Crippen LogP contribution in [0.3, 0.4) is 0 Å². The minimum absolute atomic E-state index is 0.0760. The van der Waals surface area contributed by atoms with Gasteiger partial charge < -0.3 is 10.6 Å². The van der Waals surface area contributed by atoms with Gasteiger partial charge >= 0.3 is 0 Å². The third kappa shape index (κ3) is 5.48. The van der Waals surface area contributed by atoms with Crippen LogP contribution in [0.2, 0.25) is 0 Å². The molecule has 1 aliphatic rings. The van der Waals surface area contributed by atoms with Gasteiger partial charge in [-0.05, 0) is 57.0 Å². The van der Waals surface area contributed by atoms with E-state index in [1.807, 2.05) is 31.2 Å². The number of aryl methyl sites for hydroxylation is 1. The summed E-state index contributed by atoms with van der Waals surface area (Å²) in [6.07, 6.45) is 3.55. The zero-order valence-electron chi connectivity index (χ0n) is 13.2. The highest BCUT2D eigenvalue weighted by atomic mass is 16.2. The molecule has 0 aliphatic carbocycles. The van der Waals surface area contributed by atoms with Crippen LogP contribution in [0.5, 0.6) is 0 Å². The molecule has 2 N–H and O–H groups in total. The Morgan fingerprint density at radius 3 is 3.00 bits per heavy atom. The van der Waals surface area contributed by atoms with Gasteiger partial charge in [-0.2, -0.15) is 0 Å². The highest BCUT2D eigenvalue weighted by molar-refractivity contribution is 5.92. The smallest absolute Gasteiger partial charge is 0.238 e. The lowest BCUT2D eigenvalue weighted by molar-refractivity contribution is -0.117. The van der Waals surface area contributed by atoms with Gasteiger partial charge in [-0.25, -0.2) is 0 Å². The monoisotopic (exact) mass is 289 g/mol. The summed E-state index contributed by atoms with van der Waals surface area (Å²) in [5, 5.41) is 6.50. The number of carbonyl (C=O) groups excluding carboxylic acids is 1. The van der Waals surface area contributed by atoms with Crippen LogP contribution in [-0.2, 0) is 4.79 Å². The molecule has 0 saturated carbocycles.